The molecule has 1 heterocycles. The number of likely N-dealkylation sites (tertiary alicyclic amines) is 1. The maximum absolute atomic E-state index is 13.3. The van der Waals surface area contributed by atoms with Crippen LogP contribution in [0.3, 0.4) is 0 Å². The van der Waals surface area contributed by atoms with Crippen LogP contribution >= 0.6 is 0 Å². The number of rotatable bonds is 2. The maximum atomic E-state index is 13.3. The van der Waals surface area contributed by atoms with Crippen molar-refractivity contribution in [3.63, 3.8) is 0 Å². The number of hydrogen-bond acceptors (Lipinski definition) is 4. The van der Waals surface area contributed by atoms with E-state index in [9.17, 15) is 14.3 Å². The standard InChI is InChI=1S/C16H23FN2O3/c1-15(2,3)22-14(20)19-8-7-16(21,10-19)13(18)11-5-4-6-12(17)9-11/h4-6,9,13,21H,7-8,10,18H2,1-3H3. The molecule has 2 unspecified atom stereocenters. The van der Waals surface area contributed by atoms with Crippen LogP contribution in [-0.2, 0) is 4.74 Å². The zero-order chi connectivity index (χ0) is 16.5. The average Bonchev–Trinajstić information content (AvgIpc) is 2.80. The van der Waals surface area contributed by atoms with E-state index in [1.807, 2.05) is 0 Å². The van der Waals surface area contributed by atoms with Gasteiger partial charge in [-0.2, -0.15) is 0 Å². The van der Waals surface area contributed by atoms with Crippen molar-refractivity contribution in [1.82, 2.24) is 4.90 Å². The zero-order valence-corrected chi connectivity index (χ0v) is 13.2. The Morgan fingerprint density at radius 1 is 1.50 bits per heavy atom. The zero-order valence-electron chi connectivity index (χ0n) is 13.2. The largest absolute Gasteiger partial charge is 0.444 e. The summed E-state index contributed by atoms with van der Waals surface area (Å²) in [6.45, 7) is 5.77. The van der Waals surface area contributed by atoms with Gasteiger partial charge in [0.15, 0.2) is 0 Å². The lowest BCUT2D eigenvalue weighted by atomic mass is 9.88. The van der Waals surface area contributed by atoms with Gasteiger partial charge in [-0.1, -0.05) is 12.1 Å². The summed E-state index contributed by atoms with van der Waals surface area (Å²) in [6.07, 6.45) is -0.154. The van der Waals surface area contributed by atoms with E-state index in [1.165, 1.54) is 17.0 Å². The molecule has 2 atom stereocenters. The highest BCUT2D eigenvalue weighted by atomic mass is 19.1. The van der Waals surface area contributed by atoms with E-state index >= 15 is 0 Å². The first kappa shape index (κ1) is 16.7. The molecule has 5 nitrogen and oxygen atoms in total. The fraction of sp³-hybridized carbons (Fsp3) is 0.562. The second-order valence-corrected chi connectivity index (χ2v) is 6.79. The van der Waals surface area contributed by atoms with E-state index in [0.29, 0.717) is 18.5 Å². The van der Waals surface area contributed by atoms with Crippen LogP contribution in [0.15, 0.2) is 24.3 Å². The Hall–Kier alpha value is -1.66. The van der Waals surface area contributed by atoms with Crippen LogP contribution in [0.1, 0.15) is 38.8 Å². The Bertz CT molecular complexity index is 559. The Morgan fingerprint density at radius 2 is 2.18 bits per heavy atom. The van der Waals surface area contributed by atoms with Crippen molar-refractivity contribution >= 4 is 6.09 Å². The Labute approximate surface area is 129 Å². The van der Waals surface area contributed by atoms with Crippen molar-refractivity contribution in [1.29, 1.82) is 0 Å². The highest BCUT2D eigenvalue weighted by Gasteiger charge is 2.44. The molecule has 0 spiro atoms. The summed E-state index contributed by atoms with van der Waals surface area (Å²) in [5, 5.41) is 10.7. The van der Waals surface area contributed by atoms with Gasteiger partial charge in [-0.15, -0.1) is 0 Å². The second-order valence-electron chi connectivity index (χ2n) is 6.79. The summed E-state index contributed by atoms with van der Waals surface area (Å²) in [7, 11) is 0. The third-order valence-electron chi connectivity index (χ3n) is 3.72. The van der Waals surface area contributed by atoms with Gasteiger partial charge in [0.05, 0.1) is 12.6 Å². The minimum atomic E-state index is -1.29. The number of carbonyl (C=O) groups excluding carboxylic acids is 1. The van der Waals surface area contributed by atoms with Gasteiger partial charge in [-0.05, 0) is 44.9 Å². The average molecular weight is 310 g/mol. The molecular formula is C16H23FN2O3. The van der Waals surface area contributed by atoms with Crippen LogP contribution in [0.25, 0.3) is 0 Å². The number of carbonyl (C=O) groups is 1. The summed E-state index contributed by atoms with van der Waals surface area (Å²) in [6, 6.07) is 5.08. The van der Waals surface area contributed by atoms with Gasteiger partial charge < -0.3 is 20.5 Å². The molecule has 0 aliphatic carbocycles. The van der Waals surface area contributed by atoms with Gasteiger partial charge in [0.2, 0.25) is 0 Å². The van der Waals surface area contributed by atoms with Crippen molar-refractivity contribution in [2.24, 2.45) is 5.73 Å². The number of nitrogens with two attached hydrogens (primary N) is 1. The fourth-order valence-electron chi connectivity index (χ4n) is 2.56. The molecule has 1 aliphatic rings. The SMILES string of the molecule is CC(C)(C)OC(=O)N1CCC(O)(C(N)c2cccc(F)c2)C1. The van der Waals surface area contributed by atoms with Gasteiger partial charge >= 0.3 is 6.09 Å². The molecule has 3 N–H and O–H groups in total. The third kappa shape index (κ3) is 3.75. The van der Waals surface area contributed by atoms with Crippen LogP contribution < -0.4 is 5.73 Å². The molecule has 6 heteroatoms. The van der Waals surface area contributed by atoms with Crippen molar-refractivity contribution in [3.8, 4) is 0 Å². The number of halogens is 1. The van der Waals surface area contributed by atoms with Crippen LogP contribution in [0.4, 0.5) is 9.18 Å². The van der Waals surface area contributed by atoms with Gasteiger partial charge in [-0.3, -0.25) is 0 Å². The van der Waals surface area contributed by atoms with E-state index < -0.39 is 29.2 Å². The number of β-amino-alcohol motifs (C(OH)–C–C–N with tert-alkyl or cyclic N) is 1. The number of amides is 1. The van der Waals surface area contributed by atoms with Crippen molar-refractivity contribution in [3.05, 3.63) is 35.6 Å². The summed E-state index contributed by atoms with van der Waals surface area (Å²) in [4.78, 5) is 13.5. The molecule has 1 saturated heterocycles. The molecule has 122 valence electrons. The van der Waals surface area contributed by atoms with E-state index in [2.05, 4.69) is 0 Å². The molecule has 22 heavy (non-hydrogen) atoms. The molecule has 0 radical (unpaired) electrons. The number of nitrogens with zero attached hydrogens (tertiary/aromatic N) is 1. The first-order valence-electron chi connectivity index (χ1n) is 7.32. The molecule has 1 amide bonds. The number of benzene rings is 1. The molecule has 1 aromatic carbocycles. The van der Waals surface area contributed by atoms with Crippen molar-refractivity contribution in [2.45, 2.75) is 44.4 Å². The van der Waals surface area contributed by atoms with Crippen LogP contribution in [-0.4, -0.2) is 40.4 Å². The van der Waals surface area contributed by atoms with Crippen LogP contribution in [0.5, 0.6) is 0 Å². The highest BCUT2D eigenvalue weighted by Crippen LogP contribution is 2.33. The molecule has 0 saturated carbocycles. The lowest BCUT2D eigenvalue weighted by Crippen LogP contribution is -2.45. The number of aliphatic hydroxyl groups is 1. The quantitative estimate of drug-likeness (QED) is 0.878. The minimum Gasteiger partial charge on any atom is -0.444 e. The monoisotopic (exact) mass is 310 g/mol. The van der Waals surface area contributed by atoms with Gasteiger partial charge in [0.1, 0.15) is 17.0 Å². The summed E-state index contributed by atoms with van der Waals surface area (Å²) in [5.74, 6) is -0.404. The molecule has 1 aromatic rings. The van der Waals surface area contributed by atoms with Gasteiger partial charge in [0, 0.05) is 6.54 Å². The Morgan fingerprint density at radius 3 is 2.77 bits per heavy atom. The molecular weight excluding hydrogens is 287 g/mol. The lowest BCUT2D eigenvalue weighted by molar-refractivity contribution is 0.00503. The molecule has 2 rings (SSSR count). The molecule has 1 fully saturated rings. The molecule has 0 bridgehead atoms. The fourth-order valence-corrected chi connectivity index (χ4v) is 2.56. The van der Waals surface area contributed by atoms with Crippen molar-refractivity contribution < 1.29 is 19.0 Å². The summed E-state index contributed by atoms with van der Waals surface area (Å²) >= 11 is 0. The molecule has 0 aromatic heterocycles. The second kappa shape index (κ2) is 5.85. The summed E-state index contributed by atoms with van der Waals surface area (Å²) in [5.41, 5.74) is 4.72. The normalized spacial score (nSPS) is 23.5. The first-order valence-corrected chi connectivity index (χ1v) is 7.32. The Balaban J connectivity index is 2.08. The smallest absolute Gasteiger partial charge is 0.410 e. The first-order chi connectivity index (χ1) is 10.1. The minimum absolute atomic E-state index is 0.0690. The summed E-state index contributed by atoms with van der Waals surface area (Å²) < 4.78 is 18.6. The Kier molecular flexibility index (Phi) is 4.44. The number of hydrogen-bond donors (Lipinski definition) is 2. The maximum Gasteiger partial charge on any atom is 0.410 e. The van der Waals surface area contributed by atoms with Gasteiger partial charge in [0.25, 0.3) is 0 Å². The van der Waals surface area contributed by atoms with Crippen LogP contribution in [0, 0.1) is 5.82 Å². The van der Waals surface area contributed by atoms with E-state index in [4.69, 9.17) is 10.5 Å². The third-order valence-corrected chi connectivity index (χ3v) is 3.72. The van der Waals surface area contributed by atoms with E-state index in [-0.39, 0.29) is 6.54 Å². The lowest BCUT2D eigenvalue weighted by Gasteiger charge is -2.30. The number of ether oxygens (including phenoxy) is 1. The van der Waals surface area contributed by atoms with Crippen LogP contribution in [0.2, 0.25) is 0 Å². The predicted octanol–water partition coefficient (Wildman–Crippen LogP) is 2.20. The van der Waals surface area contributed by atoms with E-state index in [1.54, 1.807) is 32.9 Å². The predicted molar refractivity (Wildman–Crippen MR) is 80.7 cm³/mol. The van der Waals surface area contributed by atoms with Crippen molar-refractivity contribution in [2.75, 3.05) is 13.1 Å². The topological polar surface area (TPSA) is 75.8 Å². The molecule has 1 aliphatic heterocycles. The highest BCUT2D eigenvalue weighted by molar-refractivity contribution is 5.68. The van der Waals surface area contributed by atoms with E-state index in [0.717, 1.165) is 0 Å². The van der Waals surface area contributed by atoms with Gasteiger partial charge in [-0.25, -0.2) is 9.18 Å².